The van der Waals surface area contributed by atoms with Crippen LogP contribution in [-0.4, -0.2) is 52.7 Å². The van der Waals surface area contributed by atoms with Crippen molar-refractivity contribution in [3.63, 3.8) is 0 Å². The molecule has 1 atom stereocenters. The average molecular weight is 227 g/mol. The largest absolute Gasteiger partial charge is 0.376 e. The van der Waals surface area contributed by atoms with Crippen LogP contribution in [0, 0.1) is 0 Å². The summed E-state index contributed by atoms with van der Waals surface area (Å²) in [7, 11) is 0. The van der Waals surface area contributed by atoms with E-state index in [0.29, 0.717) is 32.9 Å². The highest BCUT2D eigenvalue weighted by Crippen LogP contribution is 2.04. The van der Waals surface area contributed by atoms with Gasteiger partial charge in [0.2, 0.25) is 0 Å². The summed E-state index contributed by atoms with van der Waals surface area (Å²) in [6.07, 6.45) is 0.0534. The molecule has 7 nitrogen and oxygen atoms in total. The Labute approximate surface area is 94.1 Å². The Bertz CT molecular complexity index is 311. The summed E-state index contributed by atoms with van der Waals surface area (Å²) in [4.78, 5) is 0. The van der Waals surface area contributed by atoms with Gasteiger partial charge in [0.25, 0.3) is 0 Å². The van der Waals surface area contributed by atoms with E-state index >= 15 is 0 Å². The normalized spacial score (nSPS) is 21.2. The molecule has 1 unspecified atom stereocenters. The summed E-state index contributed by atoms with van der Waals surface area (Å²) in [6.45, 7) is 6.21. The Balaban J connectivity index is 1.89. The number of tetrazole rings is 1. The summed E-state index contributed by atoms with van der Waals surface area (Å²) in [5, 5.41) is 14.8. The maximum Gasteiger partial charge on any atom is 0.165 e. The lowest BCUT2D eigenvalue weighted by molar-refractivity contribution is -0.0950. The Morgan fingerprint density at radius 3 is 3.19 bits per heavy atom. The molecule has 1 saturated heterocycles. The van der Waals surface area contributed by atoms with E-state index in [9.17, 15) is 0 Å². The minimum absolute atomic E-state index is 0.0534. The highest BCUT2D eigenvalue weighted by atomic mass is 16.6. The van der Waals surface area contributed by atoms with Crippen molar-refractivity contribution in [2.45, 2.75) is 26.1 Å². The molecular formula is C9H17N5O2. The number of rotatable bonds is 5. The molecule has 0 spiro atoms. The monoisotopic (exact) mass is 227 g/mol. The number of hydrogen-bond donors (Lipinski definition) is 1. The zero-order chi connectivity index (χ0) is 11.2. The molecule has 0 bridgehead atoms. The Morgan fingerprint density at radius 1 is 1.50 bits per heavy atom. The zero-order valence-corrected chi connectivity index (χ0v) is 9.43. The minimum Gasteiger partial charge on any atom is -0.376 e. The van der Waals surface area contributed by atoms with Crippen LogP contribution in [0.3, 0.4) is 0 Å². The molecule has 1 aliphatic rings. The topological polar surface area (TPSA) is 74.1 Å². The third-order valence-corrected chi connectivity index (χ3v) is 2.40. The second-order valence-electron chi connectivity index (χ2n) is 3.63. The molecule has 0 aromatic carbocycles. The van der Waals surface area contributed by atoms with Crippen molar-refractivity contribution in [2.75, 3.05) is 26.4 Å². The standard InChI is InChI=1S/C9H17N5O2/c1-2-10-5-9-11-12-13-14(9)6-8-7-15-3-4-16-8/h8,10H,2-7H2,1H3. The molecule has 16 heavy (non-hydrogen) atoms. The lowest BCUT2D eigenvalue weighted by Crippen LogP contribution is -2.33. The van der Waals surface area contributed by atoms with Crippen molar-refractivity contribution in [3.05, 3.63) is 5.82 Å². The fraction of sp³-hybridized carbons (Fsp3) is 0.889. The van der Waals surface area contributed by atoms with Crippen molar-refractivity contribution in [1.29, 1.82) is 0 Å². The zero-order valence-electron chi connectivity index (χ0n) is 9.43. The van der Waals surface area contributed by atoms with E-state index in [1.165, 1.54) is 0 Å². The van der Waals surface area contributed by atoms with E-state index in [-0.39, 0.29) is 6.10 Å². The number of ether oxygens (including phenoxy) is 2. The van der Waals surface area contributed by atoms with Crippen molar-refractivity contribution in [3.8, 4) is 0 Å². The van der Waals surface area contributed by atoms with Gasteiger partial charge < -0.3 is 14.8 Å². The molecule has 0 saturated carbocycles. The second kappa shape index (κ2) is 5.88. The SMILES string of the molecule is CCNCc1nnnn1CC1COCCO1. The average Bonchev–Trinajstić information content (AvgIpc) is 2.75. The van der Waals surface area contributed by atoms with Gasteiger partial charge in [0.1, 0.15) is 6.10 Å². The molecule has 7 heteroatoms. The minimum atomic E-state index is 0.0534. The molecule has 2 rings (SSSR count). The van der Waals surface area contributed by atoms with Gasteiger partial charge in [-0.25, -0.2) is 4.68 Å². The van der Waals surface area contributed by atoms with Gasteiger partial charge in [-0.15, -0.1) is 5.10 Å². The Hall–Kier alpha value is -1.05. The van der Waals surface area contributed by atoms with Crippen molar-refractivity contribution >= 4 is 0 Å². The van der Waals surface area contributed by atoms with Crippen molar-refractivity contribution in [2.24, 2.45) is 0 Å². The van der Waals surface area contributed by atoms with Gasteiger partial charge in [-0.05, 0) is 17.0 Å². The van der Waals surface area contributed by atoms with Gasteiger partial charge in [-0.3, -0.25) is 0 Å². The summed E-state index contributed by atoms with van der Waals surface area (Å²) >= 11 is 0. The van der Waals surface area contributed by atoms with E-state index in [0.717, 1.165) is 12.4 Å². The molecule has 1 N–H and O–H groups in total. The van der Waals surface area contributed by atoms with Gasteiger partial charge in [0, 0.05) is 0 Å². The highest BCUT2D eigenvalue weighted by molar-refractivity contribution is 4.81. The van der Waals surface area contributed by atoms with Gasteiger partial charge in [-0.2, -0.15) is 0 Å². The fourth-order valence-electron chi connectivity index (χ4n) is 1.56. The van der Waals surface area contributed by atoms with Crippen LogP contribution in [0.5, 0.6) is 0 Å². The molecule has 1 aromatic rings. The summed E-state index contributed by atoms with van der Waals surface area (Å²) in [5.74, 6) is 0.830. The Morgan fingerprint density at radius 2 is 2.44 bits per heavy atom. The van der Waals surface area contributed by atoms with Crippen LogP contribution < -0.4 is 5.32 Å². The molecular weight excluding hydrogens is 210 g/mol. The van der Waals surface area contributed by atoms with E-state index in [2.05, 4.69) is 20.8 Å². The molecule has 1 aliphatic heterocycles. The molecule has 0 aliphatic carbocycles. The van der Waals surface area contributed by atoms with Crippen LogP contribution in [-0.2, 0) is 22.6 Å². The third-order valence-electron chi connectivity index (χ3n) is 2.40. The van der Waals surface area contributed by atoms with Gasteiger partial charge in [0.15, 0.2) is 5.82 Å². The lowest BCUT2D eigenvalue weighted by atomic mass is 10.3. The van der Waals surface area contributed by atoms with E-state index in [1.807, 2.05) is 6.92 Å². The smallest absolute Gasteiger partial charge is 0.165 e. The highest BCUT2D eigenvalue weighted by Gasteiger charge is 2.17. The van der Waals surface area contributed by atoms with Gasteiger partial charge in [0.05, 0.1) is 32.9 Å². The maximum atomic E-state index is 5.55. The van der Waals surface area contributed by atoms with Gasteiger partial charge >= 0.3 is 0 Å². The predicted octanol–water partition coefficient (Wildman–Crippen LogP) is -0.802. The second-order valence-corrected chi connectivity index (χ2v) is 3.63. The van der Waals surface area contributed by atoms with Gasteiger partial charge in [-0.1, -0.05) is 6.92 Å². The number of nitrogens with one attached hydrogen (secondary N) is 1. The fourth-order valence-corrected chi connectivity index (χ4v) is 1.56. The van der Waals surface area contributed by atoms with E-state index < -0.39 is 0 Å². The maximum absolute atomic E-state index is 5.55. The van der Waals surface area contributed by atoms with Crippen LogP contribution >= 0.6 is 0 Å². The summed E-state index contributed by atoms with van der Waals surface area (Å²) in [5.41, 5.74) is 0. The first-order valence-electron chi connectivity index (χ1n) is 5.55. The molecule has 2 heterocycles. The predicted molar refractivity (Wildman–Crippen MR) is 55.8 cm³/mol. The molecule has 1 fully saturated rings. The van der Waals surface area contributed by atoms with Crippen LogP contribution in [0.25, 0.3) is 0 Å². The lowest BCUT2D eigenvalue weighted by Gasteiger charge is -2.22. The van der Waals surface area contributed by atoms with Crippen LogP contribution in [0.2, 0.25) is 0 Å². The Kier molecular flexibility index (Phi) is 4.20. The third kappa shape index (κ3) is 2.97. The molecule has 0 amide bonds. The first kappa shape index (κ1) is 11.4. The van der Waals surface area contributed by atoms with Crippen LogP contribution in [0.1, 0.15) is 12.7 Å². The quantitative estimate of drug-likeness (QED) is 0.709. The van der Waals surface area contributed by atoms with Crippen molar-refractivity contribution in [1.82, 2.24) is 25.5 Å². The number of nitrogens with zero attached hydrogens (tertiary/aromatic N) is 4. The van der Waals surface area contributed by atoms with Crippen molar-refractivity contribution < 1.29 is 9.47 Å². The summed E-state index contributed by atoms with van der Waals surface area (Å²) in [6, 6.07) is 0. The van der Waals surface area contributed by atoms with Crippen LogP contribution in [0.4, 0.5) is 0 Å². The first-order valence-corrected chi connectivity index (χ1v) is 5.55. The molecule has 1 aromatic heterocycles. The summed E-state index contributed by atoms with van der Waals surface area (Å²) < 4.78 is 12.6. The number of hydrogen-bond acceptors (Lipinski definition) is 6. The van der Waals surface area contributed by atoms with Crippen LogP contribution in [0.15, 0.2) is 0 Å². The van der Waals surface area contributed by atoms with E-state index in [1.54, 1.807) is 4.68 Å². The van der Waals surface area contributed by atoms with E-state index in [4.69, 9.17) is 9.47 Å². The molecule has 90 valence electrons. The number of aromatic nitrogens is 4. The first-order chi connectivity index (χ1) is 7.90. The molecule has 0 radical (unpaired) electrons.